The Hall–Kier alpha value is -0.440. The van der Waals surface area contributed by atoms with Gasteiger partial charge in [0.15, 0.2) is 0 Å². The van der Waals surface area contributed by atoms with Gasteiger partial charge in [-0.15, -0.1) is 11.6 Å². The van der Waals surface area contributed by atoms with E-state index in [1.54, 1.807) is 0 Å². The number of ether oxygens (including phenoxy) is 1. The Labute approximate surface area is 65.6 Å². The minimum Gasteiger partial charge on any atom is -0.479 e. The molecule has 0 aromatic heterocycles. The van der Waals surface area contributed by atoms with Gasteiger partial charge in [0.1, 0.15) is 0 Å². The van der Waals surface area contributed by atoms with E-state index in [0.29, 0.717) is 24.8 Å². The van der Waals surface area contributed by atoms with Crippen molar-refractivity contribution in [3.05, 3.63) is 0 Å². The topological polar surface area (TPSA) is 41.8 Å². The summed E-state index contributed by atoms with van der Waals surface area (Å²) < 4.78 is 4.93. The van der Waals surface area contributed by atoms with Crippen LogP contribution in [0.2, 0.25) is 0 Å². The fourth-order valence-electron chi connectivity index (χ4n) is 0.536. The smallest absolute Gasteiger partial charge is 0.225 e. The van der Waals surface area contributed by atoms with Crippen LogP contribution in [-0.4, -0.2) is 23.6 Å². The SMILES string of the molecule is CCOC(CCCCl)=NO. The molecule has 0 saturated heterocycles. The van der Waals surface area contributed by atoms with Crippen LogP contribution in [0, 0.1) is 0 Å². The van der Waals surface area contributed by atoms with Crippen molar-refractivity contribution in [2.24, 2.45) is 5.16 Å². The molecule has 3 nitrogen and oxygen atoms in total. The zero-order valence-electron chi connectivity index (χ0n) is 6.01. The van der Waals surface area contributed by atoms with E-state index >= 15 is 0 Å². The van der Waals surface area contributed by atoms with Crippen molar-refractivity contribution in [2.45, 2.75) is 19.8 Å². The number of halogens is 1. The number of hydrogen-bond donors (Lipinski definition) is 1. The molecule has 0 bridgehead atoms. The number of oxime groups is 1. The summed E-state index contributed by atoms with van der Waals surface area (Å²) in [6.07, 6.45) is 1.38. The monoisotopic (exact) mass is 165 g/mol. The molecule has 1 N–H and O–H groups in total. The predicted molar refractivity (Wildman–Crippen MR) is 40.8 cm³/mol. The largest absolute Gasteiger partial charge is 0.479 e. The van der Waals surface area contributed by atoms with Crippen LogP contribution in [-0.2, 0) is 4.74 Å². The van der Waals surface area contributed by atoms with E-state index in [-0.39, 0.29) is 0 Å². The van der Waals surface area contributed by atoms with E-state index < -0.39 is 0 Å². The van der Waals surface area contributed by atoms with Crippen molar-refractivity contribution in [3.8, 4) is 0 Å². The third-order valence-electron chi connectivity index (χ3n) is 0.947. The molecule has 0 amide bonds. The van der Waals surface area contributed by atoms with Crippen LogP contribution in [0.5, 0.6) is 0 Å². The van der Waals surface area contributed by atoms with Gasteiger partial charge in [0, 0.05) is 12.3 Å². The fraction of sp³-hybridized carbons (Fsp3) is 0.833. The molecule has 0 aliphatic heterocycles. The highest BCUT2D eigenvalue weighted by molar-refractivity contribution is 6.17. The minimum absolute atomic E-state index is 0.364. The Morgan fingerprint density at radius 3 is 2.80 bits per heavy atom. The zero-order valence-corrected chi connectivity index (χ0v) is 6.76. The summed E-state index contributed by atoms with van der Waals surface area (Å²) in [5.74, 6) is 0.926. The maximum absolute atomic E-state index is 8.30. The summed E-state index contributed by atoms with van der Waals surface area (Å²) in [5, 5.41) is 11.3. The normalized spacial score (nSPS) is 11.6. The van der Waals surface area contributed by atoms with Gasteiger partial charge in [0.25, 0.3) is 0 Å². The predicted octanol–water partition coefficient (Wildman–Crippen LogP) is 1.83. The van der Waals surface area contributed by atoms with Gasteiger partial charge in [-0.2, -0.15) is 0 Å². The van der Waals surface area contributed by atoms with Crippen molar-refractivity contribution in [1.29, 1.82) is 0 Å². The molecule has 0 spiro atoms. The molecule has 60 valence electrons. The molecule has 0 saturated carbocycles. The molecule has 0 aliphatic rings. The molecule has 0 aliphatic carbocycles. The Morgan fingerprint density at radius 2 is 2.40 bits per heavy atom. The van der Waals surface area contributed by atoms with Gasteiger partial charge in [-0.1, -0.05) is 5.16 Å². The first kappa shape index (κ1) is 9.56. The Morgan fingerprint density at radius 1 is 1.70 bits per heavy atom. The highest BCUT2D eigenvalue weighted by atomic mass is 35.5. The van der Waals surface area contributed by atoms with Crippen molar-refractivity contribution in [2.75, 3.05) is 12.5 Å². The first-order valence-corrected chi connectivity index (χ1v) is 3.78. The Bertz CT molecular complexity index is 106. The van der Waals surface area contributed by atoms with Gasteiger partial charge >= 0.3 is 0 Å². The van der Waals surface area contributed by atoms with E-state index in [2.05, 4.69) is 5.16 Å². The van der Waals surface area contributed by atoms with Crippen LogP contribution in [0.25, 0.3) is 0 Å². The quantitative estimate of drug-likeness (QED) is 0.227. The molecule has 0 heterocycles. The standard InChI is InChI=1S/C6H12ClNO2/c1-2-10-6(8-9)4-3-5-7/h9H,2-5H2,1H3. The first-order valence-electron chi connectivity index (χ1n) is 3.24. The number of alkyl halides is 1. The van der Waals surface area contributed by atoms with Crippen LogP contribution in [0.3, 0.4) is 0 Å². The van der Waals surface area contributed by atoms with Crippen molar-refractivity contribution >= 4 is 17.5 Å². The number of rotatable bonds is 4. The molecular weight excluding hydrogens is 154 g/mol. The molecule has 0 aromatic rings. The summed E-state index contributed by atoms with van der Waals surface area (Å²) in [6, 6.07) is 0. The highest BCUT2D eigenvalue weighted by Gasteiger charge is 1.97. The number of hydrogen-bond acceptors (Lipinski definition) is 3. The minimum atomic E-state index is 0.364. The van der Waals surface area contributed by atoms with Crippen LogP contribution >= 0.6 is 11.6 Å². The first-order chi connectivity index (χ1) is 4.85. The van der Waals surface area contributed by atoms with Crippen LogP contribution in [0.1, 0.15) is 19.8 Å². The molecule has 4 heteroatoms. The lowest BCUT2D eigenvalue weighted by atomic mass is 10.3. The molecule has 0 unspecified atom stereocenters. The lowest BCUT2D eigenvalue weighted by Gasteiger charge is -2.02. The third-order valence-corrected chi connectivity index (χ3v) is 1.21. The summed E-state index contributed by atoms with van der Waals surface area (Å²) >= 11 is 5.41. The van der Waals surface area contributed by atoms with Crippen molar-refractivity contribution in [3.63, 3.8) is 0 Å². The van der Waals surface area contributed by atoms with Crippen molar-refractivity contribution < 1.29 is 9.94 Å². The van der Waals surface area contributed by atoms with Gasteiger partial charge in [-0.3, -0.25) is 0 Å². The van der Waals surface area contributed by atoms with Gasteiger partial charge in [0.2, 0.25) is 5.90 Å². The van der Waals surface area contributed by atoms with Gasteiger partial charge in [-0.05, 0) is 13.3 Å². The van der Waals surface area contributed by atoms with E-state index in [9.17, 15) is 0 Å². The Kier molecular flexibility index (Phi) is 6.38. The highest BCUT2D eigenvalue weighted by Crippen LogP contribution is 1.96. The van der Waals surface area contributed by atoms with Crippen LogP contribution < -0.4 is 0 Å². The second kappa shape index (κ2) is 6.68. The average Bonchev–Trinajstić information content (AvgIpc) is 1.98. The molecule has 0 atom stereocenters. The fourth-order valence-corrected chi connectivity index (χ4v) is 0.669. The van der Waals surface area contributed by atoms with E-state index in [0.717, 1.165) is 6.42 Å². The molecule has 0 radical (unpaired) electrons. The molecule has 10 heavy (non-hydrogen) atoms. The zero-order chi connectivity index (χ0) is 7.82. The van der Waals surface area contributed by atoms with Crippen molar-refractivity contribution in [1.82, 2.24) is 0 Å². The third kappa shape index (κ3) is 4.44. The Balaban J connectivity index is 3.41. The summed E-state index contributed by atoms with van der Waals surface area (Å²) in [7, 11) is 0. The summed E-state index contributed by atoms with van der Waals surface area (Å²) in [6.45, 7) is 2.37. The lowest BCUT2D eigenvalue weighted by Crippen LogP contribution is -2.04. The molecule has 0 aromatic carbocycles. The molecule has 0 rings (SSSR count). The maximum Gasteiger partial charge on any atom is 0.225 e. The van der Waals surface area contributed by atoms with E-state index in [1.165, 1.54) is 0 Å². The maximum atomic E-state index is 8.30. The molecular formula is C6H12ClNO2. The van der Waals surface area contributed by atoms with Gasteiger partial charge in [0.05, 0.1) is 6.61 Å². The summed E-state index contributed by atoms with van der Waals surface area (Å²) in [5.41, 5.74) is 0. The van der Waals surface area contributed by atoms with Crippen LogP contribution in [0.15, 0.2) is 5.16 Å². The van der Waals surface area contributed by atoms with Gasteiger partial charge in [-0.25, -0.2) is 0 Å². The lowest BCUT2D eigenvalue weighted by molar-refractivity contribution is 0.257. The van der Waals surface area contributed by atoms with E-state index in [4.69, 9.17) is 21.5 Å². The molecule has 0 fully saturated rings. The summed E-state index contributed by atoms with van der Waals surface area (Å²) in [4.78, 5) is 0. The second-order valence-electron chi connectivity index (χ2n) is 1.72. The van der Waals surface area contributed by atoms with Crippen LogP contribution in [0.4, 0.5) is 0 Å². The van der Waals surface area contributed by atoms with E-state index in [1.807, 2.05) is 6.92 Å². The average molecular weight is 166 g/mol. The second-order valence-corrected chi connectivity index (χ2v) is 2.10. The number of nitrogens with zero attached hydrogens (tertiary/aromatic N) is 1. The van der Waals surface area contributed by atoms with Gasteiger partial charge < -0.3 is 9.94 Å².